The highest BCUT2D eigenvalue weighted by molar-refractivity contribution is 5.93. The lowest BCUT2D eigenvalue weighted by molar-refractivity contribution is 0.0935. The van der Waals surface area contributed by atoms with Crippen LogP contribution < -0.4 is 10.9 Å². The molecule has 0 aromatic carbocycles. The Labute approximate surface area is 124 Å². The molecule has 0 aliphatic rings. The normalized spacial score (nSPS) is 12.6. The lowest BCUT2D eigenvalue weighted by Gasteiger charge is -2.14. The van der Waals surface area contributed by atoms with Crippen molar-refractivity contribution in [1.29, 1.82) is 0 Å². The maximum Gasteiger partial charge on any atom is 0.270 e. The molecule has 5 nitrogen and oxygen atoms in total. The van der Waals surface area contributed by atoms with Crippen molar-refractivity contribution in [3.63, 3.8) is 0 Å². The monoisotopic (exact) mass is 287 g/mol. The van der Waals surface area contributed by atoms with Gasteiger partial charge >= 0.3 is 0 Å². The number of pyridine rings is 1. The molecule has 0 saturated heterocycles. The number of rotatable bonds is 5. The highest BCUT2D eigenvalue weighted by atomic mass is 16.2. The zero-order valence-electron chi connectivity index (χ0n) is 12.7. The van der Waals surface area contributed by atoms with Crippen LogP contribution in [0.1, 0.15) is 44.0 Å². The Bertz CT molecular complexity index is 691. The average molecular weight is 287 g/mol. The summed E-state index contributed by atoms with van der Waals surface area (Å²) < 4.78 is 1.38. The minimum Gasteiger partial charge on any atom is -0.349 e. The fourth-order valence-corrected chi connectivity index (χ4v) is 2.14. The van der Waals surface area contributed by atoms with Crippen molar-refractivity contribution in [1.82, 2.24) is 14.7 Å². The summed E-state index contributed by atoms with van der Waals surface area (Å²) >= 11 is 0. The van der Waals surface area contributed by atoms with E-state index in [-0.39, 0.29) is 23.1 Å². The summed E-state index contributed by atoms with van der Waals surface area (Å²) in [6, 6.07) is 5.31. The molecule has 0 saturated carbocycles. The lowest BCUT2D eigenvalue weighted by Crippen LogP contribution is -2.37. The van der Waals surface area contributed by atoms with E-state index in [2.05, 4.69) is 24.1 Å². The summed E-state index contributed by atoms with van der Waals surface area (Å²) in [5, 5.41) is 2.86. The molecular formula is C16H21N3O2. The zero-order valence-corrected chi connectivity index (χ0v) is 12.7. The van der Waals surface area contributed by atoms with E-state index in [0.29, 0.717) is 11.6 Å². The molecule has 0 radical (unpaired) electrons. The third kappa shape index (κ3) is 3.68. The van der Waals surface area contributed by atoms with Gasteiger partial charge in [-0.3, -0.25) is 14.0 Å². The lowest BCUT2D eigenvalue weighted by atomic mass is 10.0. The maximum atomic E-state index is 12.3. The molecule has 2 heterocycles. The van der Waals surface area contributed by atoms with Crippen LogP contribution in [0.5, 0.6) is 0 Å². The molecule has 1 atom stereocenters. The SMILES string of the molecule is CC(C)CCC(C)NC(=O)c1cnc2ccccn2c1=O. The number of hydrogen-bond donors (Lipinski definition) is 1. The number of carbonyl (C=O) groups excluding carboxylic acids is 1. The summed E-state index contributed by atoms with van der Waals surface area (Å²) in [6.45, 7) is 6.24. The van der Waals surface area contributed by atoms with Crippen LogP contribution >= 0.6 is 0 Å². The quantitative estimate of drug-likeness (QED) is 0.917. The van der Waals surface area contributed by atoms with Gasteiger partial charge in [0.2, 0.25) is 0 Å². The van der Waals surface area contributed by atoms with E-state index >= 15 is 0 Å². The van der Waals surface area contributed by atoms with Gasteiger partial charge in [-0.2, -0.15) is 0 Å². The molecule has 2 rings (SSSR count). The first-order valence-corrected chi connectivity index (χ1v) is 7.26. The third-order valence-corrected chi connectivity index (χ3v) is 3.41. The van der Waals surface area contributed by atoms with Gasteiger partial charge < -0.3 is 5.32 Å². The third-order valence-electron chi connectivity index (χ3n) is 3.41. The number of hydrogen-bond acceptors (Lipinski definition) is 3. The summed E-state index contributed by atoms with van der Waals surface area (Å²) in [6.07, 6.45) is 4.90. The van der Waals surface area contributed by atoms with Crippen molar-refractivity contribution in [2.75, 3.05) is 0 Å². The molecule has 0 aliphatic carbocycles. The van der Waals surface area contributed by atoms with Gasteiger partial charge in [0.15, 0.2) is 0 Å². The molecule has 0 aliphatic heterocycles. The van der Waals surface area contributed by atoms with Crippen molar-refractivity contribution in [3.05, 3.63) is 46.5 Å². The van der Waals surface area contributed by atoms with Crippen LogP contribution in [0.3, 0.4) is 0 Å². The van der Waals surface area contributed by atoms with Crippen molar-refractivity contribution in [2.45, 2.75) is 39.7 Å². The Kier molecular flexibility index (Phi) is 4.73. The number of nitrogens with zero attached hydrogens (tertiary/aromatic N) is 2. The minimum absolute atomic E-state index is 0.0378. The number of fused-ring (bicyclic) bond motifs is 1. The number of aromatic nitrogens is 2. The van der Waals surface area contributed by atoms with Gasteiger partial charge in [-0.15, -0.1) is 0 Å². The molecule has 2 aromatic heterocycles. The van der Waals surface area contributed by atoms with Crippen LogP contribution in [-0.4, -0.2) is 21.3 Å². The molecule has 112 valence electrons. The van der Waals surface area contributed by atoms with E-state index in [0.717, 1.165) is 12.8 Å². The van der Waals surface area contributed by atoms with Gasteiger partial charge in [0, 0.05) is 18.4 Å². The van der Waals surface area contributed by atoms with E-state index in [1.807, 2.05) is 6.92 Å². The van der Waals surface area contributed by atoms with E-state index in [4.69, 9.17) is 0 Å². The topological polar surface area (TPSA) is 63.5 Å². The largest absolute Gasteiger partial charge is 0.349 e. The fraction of sp³-hybridized carbons (Fsp3) is 0.438. The van der Waals surface area contributed by atoms with E-state index < -0.39 is 0 Å². The second kappa shape index (κ2) is 6.52. The van der Waals surface area contributed by atoms with Crippen LogP contribution in [0.25, 0.3) is 5.65 Å². The first-order valence-electron chi connectivity index (χ1n) is 7.26. The Balaban J connectivity index is 2.16. The van der Waals surface area contributed by atoms with Crippen molar-refractivity contribution < 1.29 is 4.79 Å². The zero-order chi connectivity index (χ0) is 15.4. The second-order valence-corrected chi connectivity index (χ2v) is 5.75. The summed E-state index contributed by atoms with van der Waals surface area (Å²) in [4.78, 5) is 28.6. The van der Waals surface area contributed by atoms with Crippen LogP contribution in [0.2, 0.25) is 0 Å². The molecule has 21 heavy (non-hydrogen) atoms. The molecule has 5 heteroatoms. The molecule has 0 spiro atoms. The van der Waals surface area contributed by atoms with Gasteiger partial charge in [0.25, 0.3) is 11.5 Å². The molecule has 1 unspecified atom stereocenters. The van der Waals surface area contributed by atoms with E-state index in [9.17, 15) is 9.59 Å². The number of amides is 1. The Hall–Kier alpha value is -2.17. The van der Waals surface area contributed by atoms with Crippen LogP contribution in [-0.2, 0) is 0 Å². The van der Waals surface area contributed by atoms with Crippen LogP contribution in [0.15, 0.2) is 35.4 Å². The fourth-order valence-electron chi connectivity index (χ4n) is 2.14. The van der Waals surface area contributed by atoms with Crippen molar-refractivity contribution >= 4 is 11.6 Å². The predicted molar refractivity (Wildman–Crippen MR) is 82.5 cm³/mol. The highest BCUT2D eigenvalue weighted by Gasteiger charge is 2.15. The van der Waals surface area contributed by atoms with Crippen LogP contribution in [0.4, 0.5) is 0 Å². The molecular weight excluding hydrogens is 266 g/mol. The first kappa shape index (κ1) is 15.2. The standard InChI is InChI=1S/C16H21N3O2/c1-11(2)7-8-12(3)18-15(20)13-10-17-14-6-4-5-9-19(14)16(13)21/h4-6,9-12H,7-8H2,1-3H3,(H,18,20). The summed E-state index contributed by atoms with van der Waals surface area (Å²) in [5.41, 5.74) is 0.274. The predicted octanol–water partition coefficient (Wildman–Crippen LogP) is 2.25. The summed E-state index contributed by atoms with van der Waals surface area (Å²) in [7, 11) is 0. The highest BCUT2D eigenvalue weighted by Crippen LogP contribution is 2.07. The van der Waals surface area contributed by atoms with Crippen molar-refractivity contribution in [3.8, 4) is 0 Å². The van der Waals surface area contributed by atoms with E-state index in [1.54, 1.807) is 24.4 Å². The molecule has 1 N–H and O–H groups in total. The molecule has 1 amide bonds. The Morgan fingerprint density at radius 3 is 2.76 bits per heavy atom. The molecule has 0 bridgehead atoms. The number of carbonyl (C=O) groups is 1. The summed E-state index contributed by atoms with van der Waals surface area (Å²) in [5.74, 6) is 0.235. The van der Waals surface area contributed by atoms with Gasteiger partial charge in [-0.05, 0) is 37.8 Å². The molecule has 2 aromatic rings. The second-order valence-electron chi connectivity index (χ2n) is 5.75. The van der Waals surface area contributed by atoms with Crippen LogP contribution in [0, 0.1) is 5.92 Å². The Morgan fingerprint density at radius 1 is 1.29 bits per heavy atom. The van der Waals surface area contributed by atoms with Gasteiger partial charge in [0.05, 0.1) is 0 Å². The number of nitrogens with one attached hydrogen (secondary N) is 1. The van der Waals surface area contributed by atoms with Gasteiger partial charge in [-0.25, -0.2) is 4.98 Å². The van der Waals surface area contributed by atoms with Gasteiger partial charge in [-0.1, -0.05) is 19.9 Å². The smallest absolute Gasteiger partial charge is 0.270 e. The first-order chi connectivity index (χ1) is 9.99. The van der Waals surface area contributed by atoms with E-state index in [1.165, 1.54) is 10.6 Å². The molecule has 0 fully saturated rings. The minimum atomic E-state index is -0.359. The maximum absolute atomic E-state index is 12.3. The van der Waals surface area contributed by atoms with Crippen molar-refractivity contribution in [2.24, 2.45) is 5.92 Å². The van der Waals surface area contributed by atoms with Gasteiger partial charge in [0.1, 0.15) is 11.2 Å². The Morgan fingerprint density at radius 2 is 2.05 bits per heavy atom. The average Bonchev–Trinajstić information content (AvgIpc) is 2.45.